The Morgan fingerprint density at radius 1 is 1.32 bits per heavy atom. The van der Waals surface area contributed by atoms with E-state index in [0.29, 0.717) is 12.6 Å². The van der Waals surface area contributed by atoms with Crippen LogP contribution in [0.3, 0.4) is 0 Å². The summed E-state index contributed by atoms with van der Waals surface area (Å²) in [6.07, 6.45) is 4.16. The molecule has 0 unspecified atom stereocenters. The van der Waals surface area contributed by atoms with E-state index >= 15 is 0 Å². The Balaban J connectivity index is 1.39. The van der Waals surface area contributed by atoms with Gasteiger partial charge in [0, 0.05) is 32.2 Å². The molecule has 0 spiro atoms. The van der Waals surface area contributed by atoms with Gasteiger partial charge >= 0.3 is 0 Å². The minimum atomic E-state index is 0.240. The van der Waals surface area contributed by atoms with Crippen molar-refractivity contribution in [3.63, 3.8) is 0 Å². The molecule has 1 aliphatic heterocycles. The maximum Gasteiger partial charge on any atom is 0.236 e. The zero-order chi connectivity index (χ0) is 13.1. The second kappa shape index (κ2) is 5.75. The molecule has 5 nitrogen and oxygen atoms in total. The van der Waals surface area contributed by atoms with Crippen LogP contribution >= 0.6 is 0 Å². The zero-order valence-corrected chi connectivity index (χ0v) is 11.2. The van der Waals surface area contributed by atoms with Crippen LogP contribution in [-0.2, 0) is 11.3 Å². The van der Waals surface area contributed by atoms with Gasteiger partial charge in [-0.25, -0.2) is 0 Å². The Morgan fingerprint density at radius 3 is 2.74 bits per heavy atom. The predicted molar refractivity (Wildman–Crippen MR) is 71.6 cm³/mol. The minimum Gasteiger partial charge on any atom is -0.468 e. The monoisotopic (exact) mass is 263 g/mol. The number of carbonyl (C=O) groups is 1. The van der Waals surface area contributed by atoms with E-state index in [4.69, 9.17) is 4.42 Å². The lowest BCUT2D eigenvalue weighted by Gasteiger charge is -2.34. The van der Waals surface area contributed by atoms with Gasteiger partial charge in [-0.2, -0.15) is 0 Å². The number of nitrogens with zero attached hydrogens (tertiary/aromatic N) is 2. The summed E-state index contributed by atoms with van der Waals surface area (Å²) in [5.74, 6) is 1.24. The van der Waals surface area contributed by atoms with Gasteiger partial charge in [0.2, 0.25) is 5.91 Å². The lowest BCUT2D eigenvalue weighted by atomic mass is 10.3. The summed E-state index contributed by atoms with van der Waals surface area (Å²) in [5.41, 5.74) is 0. The van der Waals surface area contributed by atoms with Gasteiger partial charge in [-0.05, 0) is 25.0 Å². The summed E-state index contributed by atoms with van der Waals surface area (Å²) < 4.78 is 5.35. The van der Waals surface area contributed by atoms with Crippen LogP contribution in [0.5, 0.6) is 0 Å². The quantitative estimate of drug-likeness (QED) is 0.848. The molecule has 1 aromatic rings. The Bertz CT molecular complexity index is 406. The molecule has 1 saturated carbocycles. The maximum absolute atomic E-state index is 12.0. The summed E-state index contributed by atoms with van der Waals surface area (Å²) in [5, 5.41) is 3.28. The van der Waals surface area contributed by atoms with Crippen LogP contribution in [0.2, 0.25) is 0 Å². The summed E-state index contributed by atoms with van der Waals surface area (Å²) in [6, 6.07) is 4.51. The van der Waals surface area contributed by atoms with Crippen molar-refractivity contribution in [1.82, 2.24) is 15.1 Å². The number of carbonyl (C=O) groups excluding carboxylic acids is 1. The third-order valence-electron chi connectivity index (χ3n) is 3.80. The van der Waals surface area contributed by atoms with E-state index in [2.05, 4.69) is 10.2 Å². The van der Waals surface area contributed by atoms with E-state index < -0.39 is 0 Å². The molecule has 5 heteroatoms. The van der Waals surface area contributed by atoms with E-state index in [1.165, 1.54) is 12.8 Å². The normalized spacial score (nSPS) is 20.7. The van der Waals surface area contributed by atoms with Crippen molar-refractivity contribution in [2.24, 2.45) is 0 Å². The molecule has 19 heavy (non-hydrogen) atoms. The van der Waals surface area contributed by atoms with Crippen molar-refractivity contribution in [1.29, 1.82) is 0 Å². The number of rotatable bonds is 5. The van der Waals surface area contributed by atoms with Crippen molar-refractivity contribution in [2.75, 3.05) is 32.7 Å². The van der Waals surface area contributed by atoms with Crippen LogP contribution in [0, 0.1) is 0 Å². The van der Waals surface area contributed by atoms with Crippen LogP contribution in [0.4, 0.5) is 0 Å². The number of piperazine rings is 1. The highest BCUT2D eigenvalue weighted by Gasteiger charge is 2.25. The zero-order valence-electron chi connectivity index (χ0n) is 11.2. The number of hydrogen-bond acceptors (Lipinski definition) is 4. The Hall–Kier alpha value is -1.33. The summed E-state index contributed by atoms with van der Waals surface area (Å²) >= 11 is 0. The molecule has 2 aliphatic rings. The number of amides is 1. The van der Waals surface area contributed by atoms with Crippen molar-refractivity contribution >= 4 is 5.91 Å². The Labute approximate surface area is 113 Å². The molecular weight excluding hydrogens is 242 g/mol. The van der Waals surface area contributed by atoms with Gasteiger partial charge in [0.05, 0.1) is 19.4 Å². The van der Waals surface area contributed by atoms with E-state index in [1.807, 2.05) is 17.0 Å². The van der Waals surface area contributed by atoms with Gasteiger partial charge in [-0.3, -0.25) is 9.69 Å². The first-order valence-electron chi connectivity index (χ1n) is 7.07. The first-order valence-corrected chi connectivity index (χ1v) is 7.07. The van der Waals surface area contributed by atoms with Gasteiger partial charge in [0.25, 0.3) is 0 Å². The lowest BCUT2D eigenvalue weighted by molar-refractivity contribution is -0.132. The molecule has 0 aromatic carbocycles. The average molecular weight is 263 g/mol. The number of nitrogens with one attached hydrogen (secondary N) is 1. The van der Waals surface area contributed by atoms with Crippen molar-refractivity contribution < 1.29 is 9.21 Å². The topological polar surface area (TPSA) is 48.7 Å². The molecular formula is C14H21N3O2. The van der Waals surface area contributed by atoms with Crippen LogP contribution in [-0.4, -0.2) is 54.5 Å². The molecule has 104 valence electrons. The number of furan rings is 1. The second-order valence-electron chi connectivity index (χ2n) is 5.39. The fourth-order valence-corrected chi connectivity index (χ4v) is 2.41. The first kappa shape index (κ1) is 12.7. The largest absolute Gasteiger partial charge is 0.468 e. The van der Waals surface area contributed by atoms with Crippen molar-refractivity contribution in [2.45, 2.75) is 25.4 Å². The van der Waals surface area contributed by atoms with E-state index in [9.17, 15) is 4.79 Å². The lowest BCUT2D eigenvalue weighted by Crippen LogP contribution is -2.50. The van der Waals surface area contributed by atoms with Gasteiger partial charge in [-0.15, -0.1) is 0 Å². The van der Waals surface area contributed by atoms with E-state index in [-0.39, 0.29) is 5.91 Å². The minimum absolute atomic E-state index is 0.240. The van der Waals surface area contributed by atoms with Crippen molar-refractivity contribution in [3.05, 3.63) is 24.2 Å². The molecule has 1 aliphatic carbocycles. The second-order valence-corrected chi connectivity index (χ2v) is 5.39. The molecule has 1 aromatic heterocycles. The van der Waals surface area contributed by atoms with Gasteiger partial charge in [0.1, 0.15) is 5.76 Å². The molecule has 1 amide bonds. The SMILES string of the molecule is O=C(CNC1CC1)N1CCN(Cc2ccco2)CC1. The van der Waals surface area contributed by atoms with Crippen LogP contribution in [0.25, 0.3) is 0 Å². The number of hydrogen-bond donors (Lipinski definition) is 1. The molecule has 1 saturated heterocycles. The van der Waals surface area contributed by atoms with Crippen LogP contribution < -0.4 is 5.32 Å². The highest BCUT2D eigenvalue weighted by atomic mass is 16.3. The first-order chi connectivity index (χ1) is 9.31. The molecule has 2 heterocycles. The summed E-state index contributed by atoms with van der Waals surface area (Å²) in [7, 11) is 0. The molecule has 0 bridgehead atoms. The van der Waals surface area contributed by atoms with Crippen molar-refractivity contribution in [3.8, 4) is 0 Å². The maximum atomic E-state index is 12.0. The highest BCUT2D eigenvalue weighted by Crippen LogP contribution is 2.18. The molecule has 0 radical (unpaired) electrons. The van der Waals surface area contributed by atoms with E-state index in [1.54, 1.807) is 6.26 Å². The fraction of sp³-hybridized carbons (Fsp3) is 0.643. The standard InChI is InChI=1S/C14H21N3O2/c18-14(10-15-12-3-4-12)17-7-5-16(6-8-17)11-13-2-1-9-19-13/h1-2,9,12,15H,3-8,10-11H2. The van der Waals surface area contributed by atoms with Gasteiger partial charge in [-0.1, -0.05) is 0 Å². The van der Waals surface area contributed by atoms with Gasteiger partial charge < -0.3 is 14.6 Å². The van der Waals surface area contributed by atoms with E-state index in [0.717, 1.165) is 38.5 Å². The molecule has 1 N–H and O–H groups in total. The molecule has 2 fully saturated rings. The molecule has 3 rings (SSSR count). The third kappa shape index (κ3) is 3.58. The third-order valence-corrected chi connectivity index (χ3v) is 3.80. The summed E-state index contributed by atoms with van der Waals surface area (Å²) in [4.78, 5) is 16.3. The predicted octanol–water partition coefficient (Wildman–Crippen LogP) is 0.676. The van der Waals surface area contributed by atoms with Crippen LogP contribution in [0.1, 0.15) is 18.6 Å². The molecule has 0 atom stereocenters. The average Bonchev–Trinajstić information content (AvgIpc) is 3.13. The Kier molecular flexibility index (Phi) is 3.84. The summed E-state index contributed by atoms with van der Waals surface area (Å²) in [6.45, 7) is 4.85. The van der Waals surface area contributed by atoms with Crippen LogP contribution in [0.15, 0.2) is 22.8 Å². The smallest absolute Gasteiger partial charge is 0.236 e. The highest BCUT2D eigenvalue weighted by molar-refractivity contribution is 5.78. The Morgan fingerprint density at radius 2 is 2.11 bits per heavy atom. The van der Waals surface area contributed by atoms with Gasteiger partial charge in [0.15, 0.2) is 0 Å². The fourth-order valence-electron chi connectivity index (χ4n) is 2.41.